The summed E-state index contributed by atoms with van der Waals surface area (Å²) in [6.07, 6.45) is 2.47. The van der Waals surface area contributed by atoms with Gasteiger partial charge in [-0.25, -0.2) is 5.43 Å². The Hall–Kier alpha value is -0.120. The minimum Gasteiger partial charge on any atom is -0.306 e. The van der Waals surface area contributed by atoms with E-state index in [2.05, 4.69) is 29.7 Å². The van der Waals surface area contributed by atoms with Crippen molar-refractivity contribution in [1.82, 2.24) is 15.8 Å². The Morgan fingerprint density at radius 1 is 1.45 bits per heavy atom. The molecule has 1 fully saturated rings. The molecule has 0 saturated carbocycles. The lowest BCUT2D eigenvalue weighted by Crippen LogP contribution is -2.43. The highest BCUT2D eigenvalue weighted by Crippen LogP contribution is 2.06. The van der Waals surface area contributed by atoms with Crippen LogP contribution in [0, 0.1) is 0 Å². The lowest BCUT2D eigenvalue weighted by molar-refractivity contribution is 0.222. The Balaban J connectivity index is 2.07. The molecule has 0 aliphatic carbocycles. The maximum Gasteiger partial charge on any atom is 0.0276 e. The number of likely N-dealkylation sites (tertiary alicyclic amines) is 1. The van der Waals surface area contributed by atoms with Gasteiger partial charge in [0.2, 0.25) is 0 Å². The molecular formula is C8H18N3. The lowest BCUT2D eigenvalue weighted by atomic mass is 10.1. The van der Waals surface area contributed by atoms with Crippen LogP contribution in [0.25, 0.3) is 0 Å². The minimum atomic E-state index is 0.631. The number of nitrogens with zero attached hydrogens (tertiary/aromatic N) is 2. The number of piperidine rings is 1. The lowest BCUT2D eigenvalue weighted by Gasteiger charge is -2.28. The summed E-state index contributed by atoms with van der Waals surface area (Å²) in [6.45, 7) is 5.35. The van der Waals surface area contributed by atoms with Gasteiger partial charge in [-0.15, -0.1) is 0 Å². The first kappa shape index (κ1) is 8.97. The van der Waals surface area contributed by atoms with Crippen LogP contribution in [0.5, 0.6) is 0 Å². The SMILES string of the molecule is CC[N]NC1CCN(C)CC1. The summed E-state index contributed by atoms with van der Waals surface area (Å²) >= 11 is 0. The van der Waals surface area contributed by atoms with Gasteiger partial charge >= 0.3 is 0 Å². The van der Waals surface area contributed by atoms with Crippen molar-refractivity contribution in [3.05, 3.63) is 0 Å². The maximum atomic E-state index is 4.15. The molecular weight excluding hydrogens is 138 g/mol. The third-order valence-electron chi connectivity index (χ3n) is 2.15. The zero-order valence-corrected chi connectivity index (χ0v) is 7.51. The molecule has 1 radical (unpaired) electrons. The van der Waals surface area contributed by atoms with Crippen LogP contribution in [0.1, 0.15) is 19.8 Å². The number of hydrogen-bond acceptors (Lipinski definition) is 2. The molecule has 1 aliphatic heterocycles. The van der Waals surface area contributed by atoms with Crippen LogP contribution < -0.4 is 10.9 Å². The highest BCUT2D eigenvalue weighted by Gasteiger charge is 2.15. The molecule has 1 aliphatic rings. The summed E-state index contributed by atoms with van der Waals surface area (Å²) in [5.41, 5.74) is 7.34. The molecule has 65 valence electrons. The molecule has 3 heteroatoms. The van der Waals surface area contributed by atoms with Crippen LogP contribution in [-0.2, 0) is 0 Å². The average Bonchev–Trinajstić information content (AvgIpc) is 2.04. The van der Waals surface area contributed by atoms with E-state index in [1.807, 2.05) is 0 Å². The smallest absolute Gasteiger partial charge is 0.0276 e. The van der Waals surface area contributed by atoms with Gasteiger partial charge in [0.1, 0.15) is 0 Å². The number of nitrogens with one attached hydrogen (secondary N) is 1. The molecule has 3 nitrogen and oxygen atoms in total. The van der Waals surface area contributed by atoms with Gasteiger partial charge in [0.05, 0.1) is 0 Å². The summed E-state index contributed by atoms with van der Waals surface area (Å²) in [5, 5.41) is 0. The van der Waals surface area contributed by atoms with E-state index in [-0.39, 0.29) is 0 Å². The van der Waals surface area contributed by atoms with Crippen molar-refractivity contribution in [2.45, 2.75) is 25.8 Å². The van der Waals surface area contributed by atoms with Gasteiger partial charge in [-0.1, -0.05) is 0 Å². The Morgan fingerprint density at radius 3 is 2.64 bits per heavy atom. The van der Waals surface area contributed by atoms with Crippen LogP contribution in [0.2, 0.25) is 0 Å². The molecule has 0 amide bonds. The molecule has 11 heavy (non-hydrogen) atoms. The Morgan fingerprint density at radius 2 is 2.09 bits per heavy atom. The van der Waals surface area contributed by atoms with Crippen molar-refractivity contribution in [1.29, 1.82) is 0 Å². The largest absolute Gasteiger partial charge is 0.306 e. The molecule has 1 saturated heterocycles. The standard InChI is InChI=1S/C8H18N3/c1-3-9-10-8-4-6-11(2)7-5-8/h8,10H,3-7H2,1-2H3. The van der Waals surface area contributed by atoms with Gasteiger partial charge in [0.15, 0.2) is 0 Å². The quantitative estimate of drug-likeness (QED) is 0.592. The van der Waals surface area contributed by atoms with Gasteiger partial charge in [-0.05, 0) is 39.9 Å². The van der Waals surface area contributed by atoms with Crippen molar-refractivity contribution < 1.29 is 0 Å². The Labute approximate surface area is 69.1 Å². The molecule has 0 aromatic carbocycles. The first-order chi connectivity index (χ1) is 5.33. The van der Waals surface area contributed by atoms with Crippen LogP contribution in [0.15, 0.2) is 0 Å². The normalized spacial score (nSPS) is 22.4. The summed E-state index contributed by atoms with van der Waals surface area (Å²) in [4.78, 5) is 2.37. The summed E-state index contributed by atoms with van der Waals surface area (Å²) in [7, 11) is 2.17. The fourth-order valence-corrected chi connectivity index (χ4v) is 1.36. The zero-order chi connectivity index (χ0) is 8.10. The van der Waals surface area contributed by atoms with Gasteiger partial charge in [-0.3, -0.25) is 0 Å². The van der Waals surface area contributed by atoms with E-state index in [0.29, 0.717) is 6.04 Å². The van der Waals surface area contributed by atoms with Crippen LogP contribution in [0.4, 0.5) is 0 Å². The average molecular weight is 156 g/mol. The van der Waals surface area contributed by atoms with Gasteiger partial charge in [-0.2, -0.15) is 5.43 Å². The molecule has 0 atom stereocenters. The third kappa shape index (κ3) is 3.18. The van der Waals surface area contributed by atoms with Crippen LogP contribution in [0.3, 0.4) is 0 Å². The van der Waals surface area contributed by atoms with Gasteiger partial charge in [0.25, 0.3) is 0 Å². The van der Waals surface area contributed by atoms with Crippen molar-refractivity contribution >= 4 is 0 Å². The molecule has 0 aromatic rings. The van der Waals surface area contributed by atoms with E-state index in [9.17, 15) is 0 Å². The van der Waals surface area contributed by atoms with Crippen LogP contribution >= 0.6 is 0 Å². The van der Waals surface area contributed by atoms with E-state index >= 15 is 0 Å². The number of rotatable bonds is 3. The summed E-state index contributed by atoms with van der Waals surface area (Å²) in [5.74, 6) is 0. The van der Waals surface area contributed by atoms with E-state index in [1.54, 1.807) is 0 Å². The van der Waals surface area contributed by atoms with Crippen molar-refractivity contribution in [3.8, 4) is 0 Å². The molecule has 1 rings (SSSR count). The molecule has 0 bridgehead atoms. The van der Waals surface area contributed by atoms with Crippen molar-refractivity contribution in [2.24, 2.45) is 0 Å². The third-order valence-corrected chi connectivity index (χ3v) is 2.15. The van der Waals surface area contributed by atoms with E-state index in [4.69, 9.17) is 0 Å². The maximum absolute atomic E-state index is 4.15. The molecule has 1 N–H and O–H groups in total. The monoisotopic (exact) mass is 156 g/mol. The molecule has 0 unspecified atom stereocenters. The topological polar surface area (TPSA) is 29.4 Å². The van der Waals surface area contributed by atoms with Crippen LogP contribution in [-0.4, -0.2) is 37.6 Å². The van der Waals surface area contributed by atoms with Crippen molar-refractivity contribution in [3.63, 3.8) is 0 Å². The minimum absolute atomic E-state index is 0.631. The second-order valence-corrected chi connectivity index (χ2v) is 3.18. The summed E-state index contributed by atoms with van der Waals surface area (Å²) in [6, 6.07) is 0.631. The second kappa shape index (κ2) is 4.70. The van der Waals surface area contributed by atoms with Gasteiger partial charge < -0.3 is 4.90 Å². The zero-order valence-electron chi connectivity index (χ0n) is 7.51. The molecule has 0 spiro atoms. The highest BCUT2D eigenvalue weighted by atomic mass is 15.4. The highest BCUT2D eigenvalue weighted by molar-refractivity contribution is 4.73. The fraction of sp³-hybridized carbons (Fsp3) is 1.00. The summed E-state index contributed by atoms with van der Waals surface area (Å²) < 4.78 is 0. The second-order valence-electron chi connectivity index (χ2n) is 3.18. The predicted octanol–water partition coefficient (Wildman–Crippen LogP) is 0.210. The Bertz CT molecular complexity index is 94.8. The van der Waals surface area contributed by atoms with E-state index in [0.717, 1.165) is 6.54 Å². The van der Waals surface area contributed by atoms with E-state index in [1.165, 1.54) is 25.9 Å². The van der Waals surface area contributed by atoms with Gasteiger partial charge in [0, 0.05) is 12.6 Å². The van der Waals surface area contributed by atoms with E-state index < -0.39 is 0 Å². The molecule has 1 heterocycles. The first-order valence-electron chi connectivity index (χ1n) is 4.43. The number of hydrogen-bond donors (Lipinski definition) is 1. The first-order valence-corrected chi connectivity index (χ1v) is 4.43. The van der Waals surface area contributed by atoms with Crippen molar-refractivity contribution in [2.75, 3.05) is 26.7 Å². The Kier molecular flexibility index (Phi) is 3.83. The predicted molar refractivity (Wildman–Crippen MR) is 46.3 cm³/mol. The fourth-order valence-electron chi connectivity index (χ4n) is 1.36. The molecule has 0 aromatic heterocycles.